The zero-order valence-electron chi connectivity index (χ0n) is 12.3. The molecule has 2 heterocycles. The average molecular weight is 303 g/mol. The molecule has 1 aliphatic carbocycles. The maximum absolute atomic E-state index is 12.5. The molecule has 2 aromatic heterocycles. The first-order valence-electron chi connectivity index (χ1n) is 7.60. The first-order valence-corrected chi connectivity index (χ1v) is 8.42. The Labute approximate surface area is 128 Å². The molecule has 0 bridgehead atoms. The monoisotopic (exact) mass is 303 g/mol. The first kappa shape index (κ1) is 14.3. The van der Waals surface area contributed by atoms with Crippen LogP contribution in [0.15, 0.2) is 18.3 Å². The summed E-state index contributed by atoms with van der Waals surface area (Å²) in [6, 6.07) is 3.96. The number of nitrogen functional groups attached to an aromatic ring is 1. The van der Waals surface area contributed by atoms with Crippen molar-refractivity contribution in [3.8, 4) is 0 Å². The van der Waals surface area contributed by atoms with E-state index in [9.17, 15) is 4.79 Å². The number of hydrogen-bond donors (Lipinski definition) is 2. The van der Waals surface area contributed by atoms with E-state index in [2.05, 4.69) is 17.2 Å². The number of rotatable bonds is 3. The van der Waals surface area contributed by atoms with Gasteiger partial charge in [0, 0.05) is 17.6 Å². The topological polar surface area (TPSA) is 68.0 Å². The number of fused-ring (bicyclic) bond motifs is 1. The van der Waals surface area contributed by atoms with Gasteiger partial charge in [-0.3, -0.25) is 4.79 Å². The number of carbonyl (C=O) groups excluding carboxylic acids is 1. The van der Waals surface area contributed by atoms with Crippen molar-refractivity contribution in [1.82, 2.24) is 10.3 Å². The molecule has 4 nitrogen and oxygen atoms in total. The molecule has 0 aromatic carbocycles. The van der Waals surface area contributed by atoms with Crippen molar-refractivity contribution < 1.29 is 4.79 Å². The van der Waals surface area contributed by atoms with E-state index in [0.717, 1.165) is 10.2 Å². The molecule has 1 saturated carbocycles. The van der Waals surface area contributed by atoms with Crippen molar-refractivity contribution >= 4 is 33.1 Å². The van der Waals surface area contributed by atoms with E-state index < -0.39 is 0 Å². The molecular formula is C16H21N3OS. The minimum atomic E-state index is -0.0615. The van der Waals surface area contributed by atoms with E-state index in [4.69, 9.17) is 5.73 Å². The van der Waals surface area contributed by atoms with Gasteiger partial charge in [-0.15, -0.1) is 11.3 Å². The summed E-state index contributed by atoms with van der Waals surface area (Å²) in [6.07, 6.45) is 8.03. The minimum Gasteiger partial charge on any atom is -0.397 e. The number of aromatic nitrogens is 1. The van der Waals surface area contributed by atoms with E-state index >= 15 is 0 Å². The Kier molecular flexibility index (Phi) is 4.10. The van der Waals surface area contributed by atoms with Crippen molar-refractivity contribution in [2.45, 2.75) is 45.1 Å². The lowest BCUT2D eigenvalue weighted by molar-refractivity contribution is 0.0924. The van der Waals surface area contributed by atoms with Crippen molar-refractivity contribution in [2.75, 3.05) is 5.73 Å². The highest BCUT2D eigenvalue weighted by Gasteiger charge is 2.24. The Balaban J connectivity index is 1.75. The Morgan fingerprint density at radius 1 is 1.43 bits per heavy atom. The summed E-state index contributed by atoms with van der Waals surface area (Å²) in [7, 11) is 0. The Morgan fingerprint density at radius 2 is 2.19 bits per heavy atom. The molecule has 1 amide bonds. The molecule has 0 radical (unpaired) electrons. The summed E-state index contributed by atoms with van der Waals surface area (Å²) in [4.78, 5) is 18.2. The van der Waals surface area contributed by atoms with E-state index in [1.165, 1.54) is 43.4 Å². The van der Waals surface area contributed by atoms with Crippen LogP contribution in [0.25, 0.3) is 10.2 Å². The number of nitrogens with zero attached hydrogens (tertiary/aromatic N) is 1. The second kappa shape index (κ2) is 6.02. The van der Waals surface area contributed by atoms with Gasteiger partial charge in [0.05, 0.1) is 5.69 Å². The average Bonchev–Trinajstić information content (AvgIpc) is 2.86. The zero-order chi connectivity index (χ0) is 14.8. The Morgan fingerprint density at radius 3 is 2.90 bits per heavy atom. The van der Waals surface area contributed by atoms with Gasteiger partial charge < -0.3 is 11.1 Å². The van der Waals surface area contributed by atoms with Gasteiger partial charge in [-0.05, 0) is 37.8 Å². The number of nitrogens with one attached hydrogen (secondary N) is 1. The maximum atomic E-state index is 12.5. The van der Waals surface area contributed by atoms with Gasteiger partial charge in [0.1, 0.15) is 9.71 Å². The van der Waals surface area contributed by atoms with Crippen LogP contribution >= 0.6 is 11.3 Å². The van der Waals surface area contributed by atoms with Gasteiger partial charge in [-0.1, -0.05) is 19.3 Å². The molecule has 1 atom stereocenters. The van der Waals surface area contributed by atoms with Crippen LogP contribution in [-0.4, -0.2) is 16.9 Å². The normalized spacial score (nSPS) is 17.8. The SMILES string of the molecule is CC(NC(=O)c1sc2ncccc2c1N)C1CCCCC1. The van der Waals surface area contributed by atoms with Crippen LogP contribution in [-0.2, 0) is 0 Å². The zero-order valence-corrected chi connectivity index (χ0v) is 13.1. The van der Waals surface area contributed by atoms with Crippen molar-refractivity contribution in [3.05, 3.63) is 23.2 Å². The molecule has 2 aromatic rings. The predicted molar refractivity (Wildman–Crippen MR) is 87.5 cm³/mol. The molecule has 1 aliphatic rings. The highest BCUT2D eigenvalue weighted by Crippen LogP contribution is 2.32. The molecule has 1 fully saturated rings. The van der Waals surface area contributed by atoms with E-state index in [0.29, 0.717) is 16.5 Å². The van der Waals surface area contributed by atoms with Crippen molar-refractivity contribution in [1.29, 1.82) is 0 Å². The molecule has 0 saturated heterocycles. The van der Waals surface area contributed by atoms with Gasteiger partial charge in [0.25, 0.3) is 5.91 Å². The second-order valence-electron chi connectivity index (χ2n) is 5.86. The predicted octanol–water partition coefficient (Wildman–Crippen LogP) is 3.58. The minimum absolute atomic E-state index is 0.0615. The van der Waals surface area contributed by atoms with Crippen LogP contribution in [0.1, 0.15) is 48.7 Å². The van der Waals surface area contributed by atoms with Crippen LogP contribution in [0.2, 0.25) is 0 Å². The van der Waals surface area contributed by atoms with Gasteiger partial charge in [0.15, 0.2) is 0 Å². The lowest BCUT2D eigenvalue weighted by atomic mass is 9.84. The molecule has 0 aliphatic heterocycles. The Bertz CT molecular complexity index is 646. The lowest BCUT2D eigenvalue weighted by Gasteiger charge is -2.28. The molecule has 5 heteroatoms. The Hall–Kier alpha value is -1.62. The highest BCUT2D eigenvalue weighted by atomic mass is 32.1. The van der Waals surface area contributed by atoms with Gasteiger partial charge in [-0.2, -0.15) is 0 Å². The van der Waals surface area contributed by atoms with Crippen LogP contribution in [0.3, 0.4) is 0 Å². The van der Waals surface area contributed by atoms with E-state index in [-0.39, 0.29) is 11.9 Å². The van der Waals surface area contributed by atoms with Gasteiger partial charge in [-0.25, -0.2) is 4.98 Å². The largest absolute Gasteiger partial charge is 0.397 e. The van der Waals surface area contributed by atoms with Crippen LogP contribution < -0.4 is 11.1 Å². The molecule has 0 spiro atoms. The molecule has 21 heavy (non-hydrogen) atoms. The van der Waals surface area contributed by atoms with Gasteiger partial charge >= 0.3 is 0 Å². The second-order valence-corrected chi connectivity index (χ2v) is 6.86. The standard InChI is InChI=1S/C16H21N3OS/c1-10(11-6-3-2-4-7-11)19-15(20)14-13(17)12-8-5-9-18-16(12)21-14/h5,8-11H,2-4,6-7,17H2,1H3,(H,19,20). The quantitative estimate of drug-likeness (QED) is 0.910. The fourth-order valence-corrected chi connectivity index (χ4v) is 4.11. The van der Waals surface area contributed by atoms with Crippen LogP contribution in [0.4, 0.5) is 5.69 Å². The first-order chi connectivity index (χ1) is 10.2. The molecule has 3 rings (SSSR count). The summed E-state index contributed by atoms with van der Waals surface area (Å²) in [5, 5.41) is 4.00. The fourth-order valence-electron chi connectivity index (χ4n) is 3.14. The summed E-state index contributed by atoms with van der Waals surface area (Å²) in [5.41, 5.74) is 6.66. The summed E-state index contributed by atoms with van der Waals surface area (Å²) >= 11 is 1.37. The number of hydrogen-bond acceptors (Lipinski definition) is 4. The van der Waals surface area contributed by atoms with Crippen molar-refractivity contribution in [2.24, 2.45) is 5.92 Å². The third-order valence-corrected chi connectivity index (χ3v) is 5.55. The summed E-state index contributed by atoms with van der Waals surface area (Å²) in [5.74, 6) is 0.532. The smallest absolute Gasteiger partial charge is 0.263 e. The molecule has 3 N–H and O–H groups in total. The number of thiophene rings is 1. The molecule has 112 valence electrons. The highest BCUT2D eigenvalue weighted by molar-refractivity contribution is 7.21. The summed E-state index contributed by atoms with van der Waals surface area (Å²) in [6.45, 7) is 2.11. The summed E-state index contributed by atoms with van der Waals surface area (Å²) < 4.78 is 0. The maximum Gasteiger partial charge on any atom is 0.263 e. The lowest BCUT2D eigenvalue weighted by Crippen LogP contribution is -2.38. The number of amides is 1. The van der Waals surface area contributed by atoms with E-state index in [1.807, 2.05) is 12.1 Å². The third kappa shape index (κ3) is 2.88. The van der Waals surface area contributed by atoms with Crippen LogP contribution in [0, 0.1) is 5.92 Å². The number of anilines is 1. The number of pyridine rings is 1. The van der Waals surface area contributed by atoms with Crippen LogP contribution in [0.5, 0.6) is 0 Å². The third-order valence-electron chi connectivity index (χ3n) is 4.43. The molecular weight excluding hydrogens is 282 g/mol. The number of carbonyl (C=O) groups is 1. The van der Waals surface area contributed by atoms with E-state index in [1.54, 1.807) is 6.20 Å². The number of nitrogens with two attached hydrogens (primary N) is 1. The fraction of sp³-hybridized carbons (Fsp3) is 0.500. The van der Waals surface area contributed by atoms with Gasteiger partial charge in [0.2, 0.25) is 0 Å². The molecule has 1 unspecified atom stereocenters. The van der Waals surface area contributed by atoms with Crippen molar-refractivity contribution in [3.63, 3.8) is 0 Å².